The number of carbonyl (C=O) groups excluding carboxylic acids is 1. The van der Waals surface area contributed by atoms with Crippen LogP contribution in [0.2, 0.25) is 0 Å². The maximum absolute atomic E-state index is 12.6. The summed E-state index contributed by atoms with van der Waals surface area (Å²) in [4.78, 5) is 12.6. The number of carbonyl (C=O) groups is 1. The van der Waals surface area contributed by atoms with Crippen LogP contribution in [0.1, 0.15) is 32.3 Å². The number of amides is 1. The molecule has 3 aromatic carbocycles. The first kappa shape index (κ1) is 17.0. The molecule has 1 N–H and O–H groups in total. The Bertz CT molecular complexity index is 881. The number of para-hydroxylation sites is 1. The maximum Gasteiger partial charge on any atom is 0.265 e. The number of hydrogen-bond donors (Lipinski definition) is 1. The van der Waals surface area contributed by atoms with Crippen molar-refractivity contribution in [1.29, 1.82) is 0 Å². The minimum absolute atomic E-state index is 0.152. The summed E-state index contributed by atoms with van der Waals surface area (Å²) in [5, 5.41) is 5.10. The van der Waals surface area contributed by atoms with Gasteiger partial charge in [-0.25, -0.2) is 0 Å². The first-order valence-electron chi connectivity index (χ1n) is 8.60. The molecule has 0 bridgehead atoms. The number of hydrogen-bond acceptors (Lipinski definition) is 2. The Labute approximate surface area is 148 Å². The number of benzene rings is 3. The van der Waals surface area contributed by atoms with Gasteiger partial charge in [0.15, 0.2) is 6.10 Å². The zero-order valence-corrected chi connectivity index (χ0v) is 14.8. The van der Waals surface area contributed by atoms with E-state index >= 15 is 0 Å². The van der Waals surface area contributed by atoms with Gasteiger partial charge in [-0.1, -0.05) is 68.4 Å². The molecule has 0 fully saturated rings. The summed E-state index contributed by atoms with van der Waals surface area (Å²) in [6.45, 7) is 6.00. The molecule has 0 unspecified atom stereocenters. The Morgan fingerprint density at radius 3 is 2.36 bits per heavy atom. The molecule has 0 aliphatic heterocycles. The number of anilines is 1. The van der Waals surface area contributed by atoms with Crippen LogP contribution in [0.5, 0.6) is 5.75 Å². The predicted molar refractivity (Wildman–Crippen MR) is 103 cm³/mol. The Morgan fingerprint density at radius 1 is 0.880 bits per heavy atom. The van der Waals surface area contributed by atoms with Gasteiger partial charge in [0.05, 0.1) is 0 Å². The molecule has 3 nitrogen and oxygen atoms in total. The Hall–Kier alpha value is -2.81. The second kappa shape index (κ2) is 7.39. The van der Waals surface area contributed by atoms with Crippen molar-refractivity contribution in [3.05, 3.63) is 72.3 Å². The van der Waals surface area contributed by atoms with Crippen LogP contribution in [0.4, 0.5) is 5.69 Å². The standard InChI is InChI=1S/C22H23NO2/c1-15(2)18-11-6-7-13-20(18)23-22(24)16(3)25-21-14-8-10-17-9-4-5-12-19(17)21/h4-16H,1-3H3,(H,23,24)/t16-/m1/s1. The monoisotopic (exact) mass is 333 g/mol. The molecular formula is C22H23NO2. The number of ether oxygens (including phenoxy) is 1. The van der Waals surface area contributed by atoms with Gasteiger partial charge in [-0.05, 0) is 35.9 Å². The van der Waals surface area contributed by atoms with E-state index in [2.05, 4.69) is 19.2 Å². The van der Waals surface area contributed by atoms with Crippen LogP contribution in [0, 0.1) is 0 Å². The van der Waals surface area contributed by atoms with Crippen molar-refractivity contribution in [2.45, 2.75) is 32.8 Å². The van der Waals surface area contributed by atoms with Gasteiger partial charge in [0.2, 0.25) is 0 Å². The highest BCUT2D eigenvalue weighted by Crippen LogP contribution is 2.27. The Morgan fingerprint density at radius 2 is 1.56 bits per heavy atom. The molecule has 128 valence electrons. The fourth-order valence-electron chi connectivity index (χ4n) is 2.89. The minimum Gasteiger partial charge on any atom is -0.480 e. The molecular weight excluding hydrogens is 310 g/mol. The van der Waals surface area contributed by atoms with Crippen molar-refractivity contribution in [3.8, 4) is 5.75 Å². The molecule has 1 atom stereocenters. The number of rotatable bonds is 5. The van der Waals surface area contributed by atoms with E-state index in [0.717, 1.165) is 27.8 Å². The molecule has 1 amide bonds. The molecule has 0 heterocycles. The summed E-state index contributed by atoms with van der Waals surface area (Å²) in [6, 6.07) is 21.8. The summed E-state index contributed by atoms with van der Waals surface area (Å²) in [5.74, 6) is 0.907. The third-order valence-electron chi connectivity index (χ3n) is 4.26. The van der Waals surface area contributed by atoms with Gasteiger partial charge >= 0.3 is 0 Å². The van der Waals surface area contributed by atoms with Crippen molar-refractivity contribution in [3.63, 3.8) is 0 Å². The molecule has 0 radical (unpaired) electrons. The predicted octanol–water partition coefficient (Wildman–Crippen LogP) is 5.37. The Balaban J connectivity index is 1.77. The van der Waals surface area contributed by atoms with Crippen LogP contribution in [-0.4, -0.2) is 12.0 Å². The van der Waals surface area contributed by atoms with Crippen LogP contribution < -0.4 is 10.1 Å². The second-order valence-electron chi connectivity index (χ2n) is 6.47. The summed E-state index contributed by atoms with van der Waals surface area (Å²) >= 11 is 0. The average Bonchev–Trinajstić information content (AvgIpc) is 2.62. The van der Waals surface area contributed by atoms with Crippen molar-refractivity contribution >= 4 is 22.4 Å². The quantitative estimate of drug-likeness (QED) is 0.682. The van der Waals surface area contributed by atoms with Crippen LogP contribution in [-0.2, 0) is 4.79 Å². The zero-order valence-electron chi connectivity index (χ0n) is 14.8. The lowest BCUT2D eigenvalue weighted by molar-refractivity contribution is -0.122. The zero-order chi connectivity index (χ0) is 17.8. The molecule has 0 aromatic heterocycles. The van der Waals surface area contributed by atoms with Gasteiger partial charge in [0.1, 0.15) is 5.75 Å². The van der Waals surface area contributed by atoms with Crippen LogP contribution in [0.3, 0.4) is 0 Å². The van der Waals surface area contributed by atoms with E-state index in [4.69, 9.17) is 4.74 Å². The summed E-state index contributed by atoms with van der Waals surface area (Å²) in [6.07, 6.45) is -0.592. The van der Waals surface area contributed by atoms with Gasteiger partial charge in [0, 0.05) is 11.1 Å². The third kappa shape index (κ3) is 3.82. The highest BCUT2D eigenvalue weighted by molar-refractivity contribution is 5.95. The van der Waals surface area contributed by atoms with Crippen molar-refractivity contribution in [2.24, 2.45) is 0 Å². The minimum atomic E-state index is -0.592. The van der Waals surface area contributed by atoms with Crippen molar-refractivity contribution in [1.82, 2.24) is 0 Å². The van der Waals surface area contributed by atoms with Crippen LogP contribution in [0.15, 0.2) is 66.7 Å². The smallest absolute Gasteiger partial charge is 0.265 e. The average molecular weight is 333 g/mol. The van der Waals surface area contributed by atoms with Crippen LogP contribution >= 0.6 is 0 Å². The van der Waals surface area contributed by atoms with Gasteiger partial charge < -0.3 is 10.1 Å². The molecule has 0 aliphatic rings. The van der Waals surface area contributed by atoms with Crippen molar-refractivity contribution in [2.75, 3.05) is 5.32 Å². The Kier molecular flexibility index (Phi) is 5.03. The number of fused-ring (bicyclic) bond motifs is 1. The van der Waals surface area contributed by atoms with E-state index in [1.54, 1.807) is 6.92 Å². The molecule has 3 heteroatoms. The molecule has 0 aliphatic carbocycles. The largest absolute Gasteiger partial charge is 0.480 e. The van der Waals surface area contributed by atoms with Gasteiger partial charge in [-0.3, -0.25) is 4.79 Å². The lowest BCUT2D eigenvalue weighted by Crippen LogP contribution is -2.30. The molecule has 0 spiro atoms. The first-order chi connectivity index (χ1) is 12.1. The molecule has 3 aromatic rings. The SMILES string of the molecule is CC(C)c1ccccc1NC(=O)[C@@H](C)Oc1cccc2ccccc12. The highest BCUT2D eigenvalue weighted by atomic mass is 16.5. The fourth-order valence-corrected chi connectivity index (χ4v) is 2.89. The summed E-state index contributed by atoms with van der Waals surface area (Å²) in [5.41, 5.74) is 1.96. The first-order valence-corrected chi connectivity index (χ1v) is 8.60. The van der Waals surface area contributed by atoms with Crippen LogP contribution in [0.25, 0.3) is 10.8 Å². The normalized spacial score (nSPS) is 12.2. The van der Waals surface area contributed by atoms with E-state index < -0.39 is 6.10 Å². The van der Waals surface area contributed by atoms with Crippen molar-refractivity contribution < 1.29 is 9.53 Å². The maximum atomic E-state index is 12.6. The summed E-state index contributed by atoms with van der Waals surface area (Å²) in [7, 11) is 0. The lowest BCUT2D eigenvalue weighted by Gasteiger charge is -2.18. The third-order valence-corrected chi connectivity index (χ3v) is 4.26. The molecule has 3 rings (SSSR count). The molecule has 0 saturated carbocycles. The lowest BCUT2D eigenvalue weighted by atomic mass is 10.0. The van der Waals surface area contributed by atoms with Gasteiger partial charge in [-0.15, -0.1) is 0 Å². The van der Waals surface area contributed by atoms with Gasteiger partial charge in [0.25, 0.3) is 5.91 Å². The highest BCUT2D eigenvalue weighted by Gasteiger charge is 2.17. The molecule has 25 heavy (non-hydrogen) atoms. The summed E-state index contributed by atoms with van der Waals surface area (Å²) < 4.78 is 5.95. The van der Waals surface area contributed by atoms with E-state index in [0.29, 0.717) is 5.92 Å². The van der Waals surface area contributed by atoms with E-state index in [1.807, 2.05) is 66.7 Å². The fraction of sp³-hybridized carbons (Fsp3) is 0.227. The topological polar surface area (TPSA) is 38.3 Å². The van der Waals surface area contributed by atoms with E-state index in [-0.39, 0.29) is 5.91 Å². The van der Waals surface area contributed by atoms with Gasteiger partial charge in [-0.2, -0.15) is 0 Å². The second-order valence-corrected chi connectivity index (χ2v) is 6.47. The van der Waals surface area contributed by atoms with E-state index in [1.165, 1.54) is 0 Å². The number of nitrogens with one attached hydrogen (secondary N) is 1. The molecule has 0 saturated heterocycles. The van der Waals surface area contributed by atoms with E-state index in [9.17, 15) is 4.79 Å².